The number of ether oxygens (including phenoxy) is 2. The summed E-state index contributed by atoms with van der Waals surface area (Å²) in [6, 6.07) is 3.85. The Labute approximate surface area is 223 Å². The van der Waals surface area contributed by atoms with Crippen LogP contribution in [0.3, 0.4) is 0 Å². The van der Waals surface area contributed by atoms with Gasteiger partial charge < -0.3 is 29.1 Å². The predicted molar refractivity (Wildman–Crippen MR) is 141 cm³/mol. The fraction of sp³-hybridized carbons (Fsp3) is 0.423. The molecule has 0 radical (unpaired) electrons. The zero-order valence-corrected chi connectivity index (χ0v) is 22.2. The summed E-state index contributed by atoms with van der Waals surface area (Å²) < 4.78 is 19.7. The zero-order valence-electron chi connectivity index (χ0n) is 21.3. The number of anilines is 1. The molecule has 198 valence electrons. The third kappa shape index (κ3) is 4.75. The van der Waals surface area contributed by atoms with E-state index in [-0.39, 0.29) is 5.91 Å². The van der Waals surface area contributed by atoms with Gasteiger partial charge in [0.25, 0.3) is 0 Å². The molecule has 38 heavy (non-hydrogen) atoms. The van der Waals surface area contributed by atoms with Gasteiger partial charge in [0.2, 0.25) is 11.8 Å². The molecule has 0 spiro atoms. The number of nitrogens with two attached hydrogens (primary N) is 1. The number of nitrogens with zero attached hydrogens (tertiary/aromatic N) is 6. The molecule has 1 atom stereocenters. The number of carbonyl (C=O) groups excluding carboxylic acids is 1. The van der Waals surface area contributed by atoms with Crippen molar-refractivity contribution in [2.75, 3.05) is 32.0 Å². The van der Waals surface area contributed by atoms with Crippen molar-refractivity contribution >= 4 is 34.7 Å². The smallest absolute Gasteiger partial charge is 0.227 e. The van der Waals surface area contributed by atoms with Gasteiger partial charge in [0.15, 0.2) is 33.6 Å². The number of likely N-dealkylation sites (tertiary alicyclic amines) is 1. The van der Waals surface area contributed by atoms with Crippen LogP contribution in [0.2, 0.25) is 0 Å². The average molecular weight is 536 g/mol. The average Bonchev–Trinajstić information content (AvgIpc) is 3.51. The van der Waals surface area contributed by atoms with Gasteiger partial charge in [-0.1, -0.05) is 11.8 Å². The van der Waals surface area contributed by atoms with E-state index in [4.69, 9.17) is 24.6 Å². The lowest BCUT2D eigenvalue weighted by molar-refractivity contribution is -0.130. The van der Waals surface area contributed by atoms with E-state index >= 15 is 0 Å². The monoisotopic (exact) mass is 535 g/mol. The molecule has 1 aromatic carbocycles. The summed E-state index contributed by atoms with van der Waals surface area (Å²) in [5.74, 6) is 3.40. The van der Waals surface area contributed by atoms with Gasteiger partial charge in [0.1, 0.15) is 25.3 Å². The number of oxazole rings is 1. The maximum atomic E-state index is 11.9. The van der Waals surface area contributed by atoms with E-state index in [0.29, 0.717) is 65.8 Å². The highest BCUT2D eigenvalue weighted by Gasteiger charge is 2.25. The lowest BCUT2D eigenvalue weighted by Gasteiger charge is -2.32. The van der Waals surface area contributed by atoms with Crippen molar-refractivity contribution in [1.82, 2.24) is 29.4 Å². The van der Waals surface area contributed by atoms with Crippen molar-refractivity contribution in [3.63, 3.8) is 0 Å². The number of benzene rings is 1. The van der Waals surface area contributed by atoms with E-state index < -0.39 is 0 Å². The van der Waals surface area contributed by atoms with Gasteiger partial charge in [0.05, 0.1) is 11.8 Å². The number of aromatic nitrogens is 5. The fourth-order valence-electron chi connectivity index (χ4n) is 5.01. The van der Waals surface area contributed by atoms with Crippen molar-refractivity contribution in [1.29, 1.82) is 0 Å². The molecule has 6 rings (SSSR count). The second-order valence-electron chi connectivity index (χ2n) is 9.61. The number of carbonyl (C=O) groups is 1. The van der Waals surface area contributed by atoms with Crippen LogP contribution in [0.25, 0.3) is 22.6 Å². The van der Waals surface area contributed by atoms with Crippen LogP contribution in [0, 0.1) is 12.8 Å². The summed E-state index contributed by atoms with van der Waals surface area (Å²) in [6.45, 7) is 6.76. The first-order chi connectivity index (χ1) is 18.5. The molecule has 5 heterocycles. The first-order valence-corrected chi connectivity index (χ1v) is 13.5. The second-order valence-corrected chi connectivity index (χ2v) is 10.6. The lowest BCUT2D eigenvalue weighted by Crippen LogP contribution is -2.38. The van der Waals surface area contributed by atoms with Crippen LogP contribution in [0.15, 0.2) is 39.1 Å². The van der Waals surface area contributed by atoms with Crippen LogP contribution < -0.4 is 15.2 Å². The third-order valence-electron chi connectivity index (χ3n) is 6.95. The maximum absolute atomic E-state index is 11.9. The van der Waals surface area contributed by atoms with Gasteiger partial charge in [-0.3, -0.25) is 4.79 Å². The Morgan fingerprint density at radius 1 is 1.18 bits per heavy atom. The highest BCUT2D eigenvalue weighted by Crippen LogP contribution is 2.44. The fourth-order valence-corrected chi connectivity index (χ4v) is 6.05. The first-order valence-electron chi connectivity index (χ1n) is 12.7. The summed E-state index contributed by atoms with van der Waals surface area (Å²) in [5, 5.41) is 0.729. The van der Waals surface area contributed by atoms with E-state index in [9.17, 15) is 4.79 Å². The highest BCUT2D eigenvalue weighted by molar-refractivity contribution is 7.99. The van der Waals surface area contributed by atoms with E-state index in [1.807, 2.05) is 24.0 Å². The van der Waals surface area contributed by atoms with Gasteiger partial charge in [-0.15, -0.1) is 0 Å². The number of amides is 1. The lowest BCUT2D eigenvalue weighted by atomic mass is 9.95. The molecular weight excluding hydrogens is 506 g/mol. The number of fused-ring (bicyclic) bond motifs is 2. The minimum Gasteiger partial charge on any atom is -0.486 e. The number of piperidine rings is 1. The van der Waals surface area contributed by atoms with E-state index in [0.717, 1.165) is 48.0 Å². The van der Waals surface area contributed by atoms with Crippen LogP contribution in [0.5, 0.6) is 11.5 Å². The number of hydrogen-bond donors (Lipinski definition) is 1. The Balaban J connectivity index is 1.37. The van der Waals surface area contributed by atoms with Crippen molar-refractivity contribution in [3.8, 4) is 23.0 Å². The quantitative estimate of drug-likeness (QED) is 0.387. The van der Waals surface area contributed by atoms with Gasteiger partial charge in [0, 0.05) is 31.5 Å². The molecule has 2 N–H and O–H groups in total. The Hall–Kier alpha value is -3.80. The van der Waals surface area contributed by atoms with E-state index in [1.54, 1.807) is 13.1 Å². The normalized spacial score (nSPS) is 17.2. The maximum Gasteiger partial charge on any atom is 0.227 e. The molecule has 1 amide bonds. The topological polar surface area (TPSA) is 134 Å². The molecule has 3 aromatic heterocycles. The third-order valence-corrected chi connectivity index (χ3v) is 8.00. The molecule has 0 aliphatic carbocycles. The Morgan fingerprint density at radius 3 is 2.76 bits per heavy atom. The molecule has 2 aliphatic rings. The zero-order chi connectivity index (χ0) is 26.2. The van der Waals surface area contributed by atoms with Crippen molar-refractivity contribution in [2.24, 2.45) is 5.92 Å². The standard InChI is InChI=1S/C26H29N7O4S/c1-15-12-28-25(37-15)18-10-19-20(36-9-8-35-19)11-21(18)38-26-31-22-23(27)29-14-30-24(22)33(26)7-5-17-4-3-6-32(13-17)16(2)34/h10-12,14,17H,3-9,13H2,1-2H3,(H2,27,29,30). The molecule has 0 bridgehead atoms. The largest absolute Gasteiger partial charge is 0.486 e. The summed E-state index contributed by atoms with van der Waals surface area (Å²) in [6.07, 6.45) is 6.15. The van der Waals surface area contributed by atoms with Gasteiger partial charge >= 0.3 is 0 Å². The van der Waals surface area contributed by atoms with Crippen LogP contribution >= 0.6 is 11.8 Å². The van der Waals surface area contributed by atoms with Crippen LogP contribution in [0.4, 0.5) is 5.82 Å². The molecular formula is C26H29N7O4S. The summed E-state index contributed by atoms with van der Waals surface area (Å²) in [4.78, 5) is 32.7. The summed E-state index contributed by atoms with van der Waals surface area (Å²) in [7, 11) is 0. The number of hydrogen-bond acceptors (Lipinski definition) is 10. The molecule has 1 saturated heterocycles. The van der Waals surface area contributed by atoms with Crippen LogP contribution in [-0.4, -0.2) is 61.6 Å². The number of aryl methyl sites for hydroxylation is 2. The minimum atomic E-state index is 0.132. The van der Waals surface area contributed by atoms with Gasteiger partial charge in [-0.05, 0) is 44.2 Å². The van der Waals surface area contributed by atoms with E-state index in [2.05, 4.69) is 19.5 Å². The minimum absolute atomic E-state index is 0.132. The molecule has 11 nitrogen and oxygen atoms in total. The predicted octanol–water partition coefficient (Wildman–Crippen LogP) is 3.94. The number of imidazole rings is 1. The Kier molecular flexibility index (Phi) is 6.56. The molecule has 2 aliphatic heterocycles. The van der Waals surface area contributed by atoms with Crippen molar-refractivity contribution in [2.45, 2.75) is 49.7 Å². The SMILES string of the molecule is CC(=O)N1CCCC(CCn2c(Sc3cc4c(cc3-c3ncc(C)o3)OCCO4)nc3c(N)ncnc32)C1. The van der Waals surface area contributed by atoms with E-state index in [1.165, 1.54) is 18.1 Å². The number of nitrogen functional groups attached to an aromatic ring is 1. The Bertz CT molecular complexity index is 1500. The van der Waals surface area contributed by atoms with Crippen LogP contribution in [0.1, 0.15) is 31.9 Å². The van der Waals surface area contributed by atoms with Gasteiger partial charge in [-0.25, -0.2) is 19.9 Å². The molecule has 1 fully saturated rings. The van der Waals surface area contributed by atoms with Crippen molar-refractivity contribution in [3.05, 3.63) is 30.4 Å². The molecule has 1 unspecified atom stereocenters. The molecule has 12 heteroatoms. The van der Waals surface area contributed by atoms with Gasteiger partial charge in [-0.2, -0.15) is 0 Å². The molecule has 0 saturated carbocycles. The van der Waals surface area contributed by atoms with Crippen molar-refractivity contribution < 1.29 is 18.7 Å². The second kappa shape index (κ2) is 10.2. The highest BCUT2D eigenvalue weighted by atomic mass is 32.2. The summed E-state index contributed by atoms with van der Waals surface area (Å²) in [5.41, 5.74) is 8.23. The number of rotatable bonds is 6. The first kappa shape index (κ1) is 24.5. The Morgan fingerprint density at radius 2 is 2.00 bits per heavy atom. The molecule has 4 aromatic rings. The summed E-state index contributed by atoms with van der Waals surface area (Å²) >= 11 is 1.47. The van der Waals surface area contributed by atoms with Crippen LogP contribution in [-0.2, 0) is 11.3 Å².